The number of nitrogens with two attached hydrogens (primary N) is 1. The Morgan fingerprint density at radius 1 is 1.18 bits per heavy atom. The summed E-state index contributed by atoms with van der Waals surface area (Å²) in [5.74, 6) is -0.289. The second-order valence-electron chi connectivity index (χ2n) is 3.85. The molecule has 96 valence electrons. The number of ether oxygens (including phenoxy) is 1. The molecular weight excluding hydrogens is 231 g/mol. The normalized spacial score (nSPS) is 13.0. The summed E-state index contributed by atoms with van der Waals surface area (Å²) in [6, 6.07) is 5.90. The Balaban J connectivity index is 2.20. The minimum atomic E-state index is -2.44. The van der Waals surface area contributed by atoms with Gasteiger partial charge in [-0.25, -0.2) is 13.2 Å². The van der Waals surface area contributed by atoms with Crippen LogP contribution in [0, 0.1) is 5.82 Å². The number of rotatable bonds is 7. The van der Waals surface area contributed by atoms with Crippen LogP contribution in [0.15, 0.2) is 24.3 Å². The van der Waals surface area contributed by atoms with Crippen molar-refractivity contribution >= 4 is 0 Å². The van der Waals surface area contributed by atoms with Gasteiger partial charge >= 0.3 is 0 Å². The highest BCUT2D eigenvalue weighted by molar-refractivity contribution is 5.16. The van der Waals surface area contributed by atoms with E-state index in [1.165, 1.54) is 12.1 Å². The van der Waals surface area contributed by atoms with Crippen LogP contribution >= 0.6 is 0 Å². The van der Waals surface area contributed by atoms with Gasteiger partial charge in [-0.1, -0.05) is 12.1 Å². The molecule has 1 unspecified atom stereocenters. The first-order chi connectivity index (χ1) is 8.08. The molecule has 0 aliphatic rings. The average Bonchev–Trinajstić information content (AvgIpc) is 2.27. The highest BCUT2D eigenvalue weighted by Gasteiger charge is 2.06. The maximum Gasteiger partial charge on any atom is 0.261 e. The molecule has 1 atom stereocenters. The van der Waals surface area contributed by atoms with E-state index in [0.29, 0.717) is 12.8 Å². The Morgan fingerprint density at radius 3 is 2.41 bits per heavy atom. The molecule has 0 spiro atoms. The summed E-state index contributed by atoms with van der Waals surface area (Å²) in [6.45, 7) is -0.337. The summed E-state index contributed by atoms with van der Waals surface area (Å²) < 4.78 is 40.9. The molecule has 17 heavy (non-hydrogen) atoms. The Morgan fingerprint density at radius 2 is 1.82 bits per heavy atom. The molecule has 0 amide bonds. The van der Waals surface area contributed by atoms with E-state index >= 15 is 0 Å². The van der Waals surface area contributed by atoms with E-state index in [2.05, 4.69) is 0 Å². The summed E-state index contributed by atoms with van der Waals surface area (Å²) in [4.78, 5) is 0. The van der Waals surface area contributed by atoms with Gasteiger partial charge in [0.25, 0.3) is 6.43 Å². The van der Waals surface area contributed by atoms with Crippen molar-refractivity contribution in [2.75, 3.05) is 13.2 Å². The summed E-state index contributed by atoms with van der Waals surface area (Å²) in [6.07, 6.45) is -1.36. The van der Waals surface area contributed by atoms with Gasteiger partial charge in [0.2, 0.25) is 0 Å². The second kappa shape index (κ2) is 7.29. The average molecular weight is 247 g/mol. The fraction of sp³-hybridized carbons (Fsp3) is 0.500. The zero-order chi connectivity index (χ0) is 12.7. The topological polar surface area (TPSA) is 35.2 Å². The first-order valence-corrected chi connectivity index (χ1v) is 5.44. The quantitative estimate of drug-likeness (QED) is 0.751. The molecule has 0 radical (unpaired) electrons. The number of benzene rings is 1. The molecule has 0 saturated heterocycles. The van der Waals surface area contributed by atoms with E-state index in [4.69, 9.17) is 10.5 Å². The summed E-state index contributed by atoms with van der Waals surface area (Å²) in [5, 5.41) is 0. The van der Waals surface area contributed by atoms with E-state index in [-0.39, 0.29) is 18.5 Å². The monoisotopic (exact) mass is 247 g/mol. The predicted molar refractivity (Wildman–Crippen MR) is 59.5 cm³/mol. The van der Waals surface area contributed by atoms with E-state index in [1.807, 2.05) is 0 Å². The molecule has 0 heterocycles. The van der Waals surface area contributed by atoms with Crippen LogP contribution < -0.4 is 5.73 Å². The number of hydrogen-bond donors (Lipinski definition) is 1. The van der Waals surface area contributed by atoms with Gasteiger partial charge in [-0.05, 0) is 30.5 Å². The minimum Gasteiger partial charge on any atom is -0.375 e. The maximum absolute atomic E-state index is 12.6. The van der Waals surface area contributed by atoms with Crippen molar-refractivity contribution in [1.82, 2.24) is 0 Å². The smallest absolute Gasteiger partial charge is 0.261 e. The standard InChI is InChI=1S/C12H16F3NO/c13-10-3-1-9(2-4-10)7-11(16)5-6-17-8-12(14)15/h1-4,11-12H,5-8,16H2. The van der Waals surface area contributed by atoms with Crippen molar-refractivity contribution in [2.24, 2.45) is 5.73 Å². The molecule has 0 aromatic heterocycles. The SMILES string of the molecule is NC(CCOCC(F)F)Cc1ccc(F)cc1. The zero-order valence-corrected chi connectivity index (χ0v) is 9.41. The second-order valence-corrected chi connectivity index (χ2v) is 3.85. The molecule has 2 N–H and O–H groups in total. The van der Waals surface area contributed by atoms with Crippen LogP contribution in [0.1, 0.15) is 12.0 Å². The number of halogens is 3. The minimum absolute atomic E-state index is 0.168. The third-order valence-electron chi connectivity index (χ3n) is 2.29. The Bertz CT molecular complexity index is 316. The molecule has 1 aromatic rings. The highest BCUT2D eigenvalue weighted by Crippen LogP contribution is 2.06. The van der Waals surface area contributed by atoms with Crippen molar-refractivity contribution in [1.29, 1.82) is 0 Å². The molecule has 1 aromatic carbocycles. The van der Waals surface area contributed by atoms with Crippen molar-refractivity contribution in [2.45, 2.75) is 25.3 Å². The van der Waals surface area contributed by atoms with E-state index in [9.17, 15) is 13.2 Å². The van der Waals surface area contributed by atoms with E-state index in [0.717, 1.165) is 5.56 Å². The maximum atomic E-state index is 12.6. The van der Waals surface area contributed by atoms with Gasteiger partial charge in [0.1, 0.15) is 12.4 Å². The summed E-state index contributed by atoms with van der Waals surface area (Å²) >= 11 is 0. The highest BCUT2D eigenvalue weighted by atomic mass is 19.3. The van der Waals surface area contributed by atoms with Crippen LogP contribution in [0.2, 0.25) is 0 Å². The molecule has 0 aliphatic heterocycles. The van der Waals surface area contributed by atoms with Crippen molar-refractivity contribution in [3.05, 3.63) is 35.6 Å². The lowest BCUT2D eigenvalue weighted by Crippen LogP contribution is -2.25. The van der Waals surface area contributed by atoms with Crippen LogP contribution in [-0.2, 0) is 11.2 Å². The lowest BCUT2D eigenvalue weighted by atomic mass is 10.0. The molecule has 5 heteroatoms. The molecule has 2 nitrogen and oxygen atoms in total. The molecule has 1 rings (SSSR count). The molecule has 0 bridgehead atoms. The van der Waals surface area contributed by atoms with Crippen LogP contribution in [0.25, 0.3) is 0 Å². The molecule has 0 aliphatic carbocycles. The largest absolute Gasteiger partial charge is 0.375 e. The number of alkyl halides is 2. The first kappa shape index (κ1) is 14.0. The van der Waals surface area contributed by atoms with Crippen LogP contribution in [-0.4, -0.2) is 25.7 Å². The third-order valence-corrected chi connectivity index (χ3v) is 2.29. The van der Waals surface area contributed by atoms with Crippen LogP contribution in [0.3, 0.4) is 0 Å². The summed E-state index contributed by atoms with van der Waals surface area (Å²) in [5.41, 5.74) is 6.72. The van der Waals surface area contributed by atoms with Gasteiger partial charge in [-0.15, -0.1) is 0 Å². The molecular formula is C12H16F3NO. The van der Waals surface area contributed by atoms with E-state index in [1.54, 1.807) is 12.1 Å². The first-order valence-electron chi connectivity index (χ1n) is 5.44. The van der Waals surface area contributed by atoms with E-state index < -0.39 is 13.0 Å². The predicted octanol–water partition coefficient (Wildman–Crippen LogP) is 2.37. The molecule has 0 fully saturated rings. The third kappa shape index (κ3) is 6.28. The van der Waals surface area contributed by atoms with Crippen molar-refractivity contribution in [3.8, 4) is 0 Å². The van der Waals surface area contributed by atoms with Gasteiger partial charge in [0.15, 0.2) is 0 Å². The Hall–Kier alpha value is -1.07. The van der Waals surface area contributed by atoms with Gasteiger partial charge in [-0.2, -0.15) is 0 Å². The Kier molecular flexibility index (Phi) is 6.00. The van der Waals surface area contributed by atoms with Crippen molar-refractivity contribution < 1.29 is 17.9 Å². The van der Waals surface area contributed by atoms with Crippen molar-refractivity contribution in [3.63, 3.8) is 0 Å². The Labute approximate surface area is 98.6 Å². The zero-order valence-electron chi connectivity index (χ0n) is 9.41. The molecule has 0 saturated carbocycles. The summed E-state index contributed by atoms with van der Waals surface area (Å²) in [7, 11) is 0. The fourth-order valence-electron chi connectivity index (χ4n) is 1.43. The van der Waals surface area contributed by atoms with Crippen LogP contribution in [0.5, 0.6) is 0 Å². The lowest BCUT2D eigenvalue weighted by molar-refractivity contribution is 0.0153. The number of hydrogen-bond acceptors (Lipinski definition) is 2. The van der Waals surface area contributed by atoms with Crippen LogP contribution in [0.4, 0.5) is 13.2 Å². The fourth-order valence-corrected chi connectivity index (χ4v) is 1.43. The van der Waals surface area contributed by atoms with Gasteiger partial charge in [-0.3, -0.25) is 0 Å². The van der Waals surface area contributed by atoms with Gasteiger partial charge in [0, 0.05) is 12.6 Å². The lowest BCUT2D eigenvalue weighted by Gasteiger charge is -2.11. The van der Waals surface area contributed by atoms with Gasteiger partial charge in [0.05, 0.1) is 0 Å². The van der Waals surface area contributed by atoms with Gasteiger partial charge < -0.3 is 10.5 Å².